The van der Waals surface area contributed by atoms with Crippen LogP contribution in [-0.2, 0) is 4.74 Å². The van der Waals surface area contributed by atoms with E-state index >= 15 is 0 Å². The molecule has 130 valence electrons. The molecule has 5 nitrogen and oxygen atoms in total. The molecule has 1 aromatic heterocycles. The lowest BCUT2D eigenvalue weighted by Gasteiger charge is -2.11. The number of carbonyl (C=O) groups is 1. The van der Waals surface area contributed by atoms with Gasteiger partial charge in [0.1, 0.15) is 11.3 Å². The zero-order chi connectivity index (χ0) is 18.2. The normalized spacial score (nSPS) is 11.6. The number of benzene rings is 1. The fourth-order valence-electron chi connectivity index (χ4n) is 2.42. The monoisotopic (exact) mass is 338 g/mol. The molecule has 0 saturated heterocycles. The quantitative estimate of drug-likeness (QED) is 0.557. The van der Waals surface area contributed by atoms with Crippen LogP contribution in [0.15, 0.2) is 61.3 Å². The van der Waals surface area contributed by atoms with Crippen molar-refractivity contribution in [3.63, 3.8) is 0 Å². The molecular weight excluding hydrogens is 316 g/mol. The largest absolute Gasteiger partial charge is 0.497 e. The van der Waals surface area contributed by atoms with Crippen LogP contribution in [0, 0.1) is 0 Å². The Kier molecular flexibility index (Phi) is 6.34. The SMILES string of the molecule is C=C/C=C(\C=C/C)n1ncc(C(=O)OCC)c1-c1ccc(OC)cc1. The number of methoxy groups -OCH3 is 1. The smallest absolute Gasteiger partial charge is 0.342 e. The molecule has 0 radical (unpaired) electrons. The predicted octanol–water partition coefficient (Wildman–Crippen LogP) is 4.34. The molecule has 5 heteroatoms. The summed E-state index contributed by atoms with van der Waals surface area (Å²) < 4.78 is 12.1. The first-order valence-electron chi connectivity index (χ1n) is 8.01. The van der Waals surface area contributed by atoms with Crippen LogP contribution in [0.5, 0.6) is 5.75 Å². The van der Waals surface area contributed by atoms with Gasteiger partial charge in [0.05, 0.1) is 31.3 Å². The molecule has 2 rings (SSSR count). The van der Waals surface area contributed by atoms with Crippen molar-refractivity contribution in [2.45, 2.75) is 13.8 Å². The van der Waals surface area contributed by atoms with Gasteiger partial charge in [0.15, 0.2) is 0 Å². The molecule has 0 fully saturated rings. The van der Waals surface area contributed by atoms with Crippen molar-refractivity contribution in [2.75, 3.05) is 13.7 Å². The highest BCUT2D eigenvalue weighted by atomic mass is 16.5. The van der Waals surface area contributed by atoms with E-state index in [2.05, 4.69) is 11.7 Å². The lowest BCUT2D eigenvalue weighted by Crippen LogP contribution is -2.07. The predicted molar refractivity (Wildman–Crippen MR) is 99.5 cm³/mol. The van der Waals surface area contributed by atoms with E-state index < -0.39 is 5.97 Å². The first kappa shape index (κ1) is 18.3. The van der Waals surface area contributed by atoms with E-state index in [1.165, 1.54) is 6.20 Å². The Morgan fingerprint density at radius 1 is 1.32 bits per heavy atom. The van der Waals surface area contributed by atoms with E-state index in [0.29, 0.717) is 17.9 Å². The Morgan fingerprint density at radius 3 is 2.60 bits per heavy atom. The summed E-state index contributed by atoms with van der Waals surface area (Å²) in [5.41, 5.74) is 2.69. The molecule has 0 unspecified atom stereocenters. The summed E-state index contributed by atoms with van der Waals surface area (Å²) >= 11 is 0. The van der Waals surface area contributed by atoms with Crippen LogP contribution >= 0.6 is 0 Å². The highest BCUT2D eigenvalue weighted by Crippen LogP contribution is 2.29. The molecule has 25 heavy (non-hydrogen) atoms. The minimum Gasteiger partial charge on any atom is -0.497 e. The lowest BCUT2D eigenvalue weighted by atomic mass is 10.1. The van der Waals surface area contributed by atoms with Crippen LogP contribution in [0.25, 0.3) is 17.0 Å². The van der Waals surface area contributed by atoms with Gasteiger partial charge in [0, 0.05) is 5.56 Å². The van der Waals surface area contributed by atoms with E-state index in [4.69, 9.17) is 9.47 Å². The fraction of sp³-hybridized carbons (Fsp3) is 0.200. The van der Waals surface area contributed by atoms with Crippen LogP contribution < -0.4 is 4.74 Å². The summed E-state index contributed by atoms with van der Waals surface area (Å²) in [5.74, 6) is 0.334. The van der Waals surface area contributed by atoms with Crippen LogP contribution in [0.3, 0.4) is 0 Å². The Morgan fingerprint density at radius 2 is 2.04 bits per heavy atom. The molecule has 0 saturated carbocycles. The van der Waals surface area contributed by atoms with E-state index in [0.717, 1.165) is 17.0 Å². The van der Waals surface area contributed by atoms with Crippen LogP contribution in [0.1, 0.15) is 24.2 Å². The highest BCUT2D eigenvalue weighted by molar-refractivity contribution is 5.97. The van der Waals surface area contributed by atoms with Gasteiger partial charge in [0.2, 0.25) is 0 Å². The number of ether oxygens (including phenoxy) is 2. The number of aromatic nitrogens is 2. The van der Waals surface area contributed by atoms with E-state index in [-0.39, 0.29) is 0 Å². The third-order valence-electron chi connectivity index (χ3n) is 3.50. The van der Waals surface area contributed by atoms with E-state index in [9.17, 15) is 4.79 Å². The maximum Gasteiger partial charge on any atom is 0.342 e. The second kappa shape index (κ2) is 8.68. The molecule has 2 aromatic rings. The molecule has 0 aliphatic carbocycles. The molecule has 1 aromatic carbocycles. The van der Waals surface area contributed by atoms with Crippen molar-refractivity contribution in [1.29, 1.82) is 0 Å². The Labute approximate surface area is 147 Å². The second-order valence-corrected chi connectivity index (χ2v) is 5.09. The Hall–Kier alpha value is -3.08. The molecule has 0 amide bonds. The summed E-state index contributed by atoms with van der Waals surface area (Å²) in [6.07, 6.45) is 8.83. The van der Waals surface area contributed by atoms with Gasteiger partial charge in [-0.1, -0.05) is 18.7 Å². The zero-order valence-electron chi connectivity index (χ0n) is 14.7. The van der Waals surface area contributed by atoms with Crippen molar-refractivity contribution >= 4 is 11.7 Å². The maximum atomic E-state index is 12.4. The number of hydrogen-bond acceptors (Lipinski definition) is 4. The number of hydrogen-bond donors (Lipinski definition) is 0. The minimum atomic E-state index is -0.405. The van der Waals surface area contributed by atoms with Gasteiger partial charge < -0.3 is 9.47 Å². The van der Waals surface area contributed by atoms with Crippen molar-refractivity contribution in [1.82, 2.24) is 9.78 Å². The average molecular weight is 338 g/mol. The molecule has 0 aliphatic heterocycles. The number of rotatable bonds is 7. The summed E-state index contributed by atoms with van der Waals surface area (Å²) in [4.78, 5) is 12.4. The molecule has 0 spiro atoms. The fourth-order valence-corrected chi connectivity index (χ4v) is 2.42. The topological polar surface area (TPSA) is 53.4 Å². The third-order valence-corrected chi connectivity index (χ3v) is 3.50. The lowest BCUT2D eigenvalue weighted by molar-refractivity contribution is 0.0527. The molecule has 0 N–H and O–H groups in total. The molecular formula is C20H22N2O3. The third kappa shape index (κ3) is 4.07. The van der Waals surface area contributed by atoms with Gasteiger partial charge in [-0.15, -0.1) is 0 Å². The molecule has 1 heterocycles. The molecule has 0 bridgehead atoms. The highest BCUT2D eigenvalue weighted by Gasteiger charge is 2.21. The van der Waals surface area contributed by atoms with Crippen molar-refractivity contribution in [3.05, 3.63) is 66.9 Å². The average Bonchev–Trinajstić information content (AvgIpc) is 3.07. The van der Waals surface area contributed by atoms with Gasteiger partial charge in [-0.2, -0.15) is 5.10 Å². The van der Waals surface area contributed by atoms with Gasteiger partial charge >= 0.3 is 5.97 Å². The summed E-state index contributed by atoms with van der Waals surface area (Å²) in [6.45, 7) is 7.74. The van der Waals surface area contributed by atoms with Gasteiger partial charge in [-0.25, -0.2) is 9.48 Å². The molecule has 0 aliphatic rings. The minimum absolute atomic E-state index is 0.302. The number of esters is 1. The van der Waals surface area contributed by atoms with Crippen molar-refractivity contribution in [3.8, 4) is 17.0 Å². The van der Waals surface area contributed by atoms with Gasteiger partial charge in [0.25, 0.3) is 0 Å². The van der Waals surface area contributed by atoms with E-state index in [1.54, 1.807) is 24.8 Å². The second-order valence-electron chi connectivity index (χ2n) is 5.09. The Balaban J connectivity index is 2.66. The summed E-state index contributed by atoms with van der Waals surface area (Å²) in [7, 11) is 1.61. The molecule has 0 atom stereocenters. The van der Waals surface area contributed by atoms with Crippen LogP contribution in [-0.4, -0.2) is 29.5 Å². The first-order valence-corrected chi connectivity index (χ1v) is 8.01. The standard InChI is InChI=1S/C20H22N2O3/c1-5-8-16(9-6-2)22-19(15-10-12-17(24-4)13-11-15)18(14-21-22)20(23)25-7-3/h5-6,8-14H,1,7H2,2-4H3/b9-6-,16-8+. The zero-order valence-corrected chi connectivity index (χ0v) is 14.7. The van der Waals surface area contributed by atoms with E-state index in [1.807, 2.05) is 49.4 Å². The van der Waals surface area contributed by atoms with Crippen molar-refractivity contribution in [2.24, 2.45) is 0 Å². The van der Waals surface area contributed by atoms with Gasteiger partial charge in [-0.3, -0.25) is 0 Å². The summed E-state index contributed by atoms with van der Waals surface area (Å²) in [5, 5.41) is 4.39. The number of allylic oxidation sites excluding steroid dienone is 5. The number of carbonyl (C=O) groups excluding carboxylic acids is 1. The van der Waals surface area contributed by atoms with Gasteiger partial charge in [-0.05, 0) is 50.3 Å². The number of nitrogens with zero attached hydrogens (tertiary/aromatic N) is 2. The maximum absolute atomic E-state index is 12.4. The van der Waals surface area contributed by atoms with Crippen LogP contribution in [0.4, 0.5) is 0 Å². The summed E-state index contributed by atoms with van der Waals surface area (Å²) in [6, 6.07) is 7.45. The van der Waals surface area contributed by atoms with Crippen LogP contribution in [0.2, 0.25) is 0 Å². The first-order chi connectivity index (χ1) is 12.2. The Bertz CT molecular complexity index is 799. The van der Waals surface area contributed by atoms with Crippen molar-refractivity contribution < 1.29 is 14.3 Å².